The van der Waals surface area contributed by atoms with Gasteiger partial charge in [-0.2, -0.15) is 0 Å². The number of aromatic nitrogens is 1. The van der Waals surface area contributed by atoms with Gasteiger partial charge in [-0.25, -0.2) is 0 Å². The number of aliphatic hydroxyl groups is 1. The molecule has 0 radical (unpaired) electrons. The Balaban J connectivity index is 1.94. The largest absolute Gasteiger partial charge is 0.507 e. The molecule has 29 heavy (non-hydrogen) atoms. The summed E-state index contributed by atoms with van der Waals surface area (Å²) >= 11 is 11.9. The average Bonchev–Trinajstić information content (AvgIpc) is 3.00. The van der Waals surface area contributed by atoms with Crippen LogP contribution < -0.4 is 4.90 Å². The lowest BCUT2D eigenvalue weighted by atomic mass is 9.95. The predicted molar refractivity (Wildman–Crippen MR) is 112 cm³/mol. The third-order valence-corrected chi connectivity index (χ3v) is 5.18. The number of anilines is 1. The van der Waals surface area contributed by atoms with Crippen molar-refractivity contribution in [1.29, 1.82) is 0 Å². The summed E-state index contributed by atoms with van der Waals surface area (Å²) in [6, 6.07) is 15.7. The van der Waals surface area contributed by atoms with Gasteiger partial charge in [-0.3, -0.25) is 19.5 Å². The highest BCUT2D eigenvalue weighted by molar-refractivity contribution is 6.51. The Morgan fingerprint density at radius 2 is 1.55 bits per heavy atom. The smallest absolute Gasteiger partial charge is 0.300 e. The van der Waals surface area contributed by atoms with Gasteiger partial charge in [-0.15, -0.1) is 0 Å². The van der Waals surface area contributed by atoms with Gasteiger partial charge in [0, 0.05) is 21.8 Å². The maximum absolute atomic E-state index is 12.9. The summed E-state index contributed by atoms with van der Waals surface area (Å²) < 4.78 is 0. The molecule has 1 N–H and O–H groups in total. The average molecular weight is 425 g/mol. The van der Waals surface area contributed by atoms with Crippen LogP contribution in [0.1, 0.15) is 17.2 Å². The van der Waals surface area contributed by atoms with Crippen LogP contribution in [0.2, 0.25) is 10.0 Å². The number of nitrogens with zero attached hydrogens (tertiary/aromatic N) is 2. The molecule has 1 aromatic heterocycles. The van der Waals surface area contributed by atoms with Crippen molar-refractivity contribution in [3.8, 4) is 0 Å². The summed E-state index contributed by atoms with van der Waals surface area (Å²) in [6.45, 7) is 0. The second kappa shape index (κ2) is 7.70. The van der Waals surface area contributed by atoms with E-state index in [9.17, 15) is 14.7 Å². The Morgan fingerprint density at radius 1 is 0.931 bits per heavy atom. The van der Waals surface area contributed by atoms with E-state index in [4.69, 9.17) is 23.2 Å². The molecule has 1 saturated heterocycles. The van der Waals surface area contributed by atoms with Crippen molar-refractivity contribution in [2.75, 3.05) is 4.90 Å². The minimum absolute atomic E-state index is 0.0107. The highest BCUT2D eigenvalue weighted by Gasteiger charge is 2.47. The molecule has 7 heteroatoms. The molecule has 1 aliphatic heterocycles. The van der Waals surface area contributed by atoms with Crippen molar-refractivity contribution in [3.05, 3.63) is 99.8 Å². The molecule has 1 aliphatic rings. The van der Waals surface area contributed by atoms with Gasteiger partial charge in [0.25, 0.3) is 11.7 Å². The van der Waals surface area contributed by atoms with Crippen LogP contribution in [-0.4, -0.2) is 21.8 Å². The predicted octanol–water partition coefficient (Wildman–Crippen LogP) is 5.01. The molecule has 4 rings (SSSR count). The van der Waals surface area contributed by atoms with Crippen molar-refractivity contribution in [3.63, 3.8) is 0 Å². The van der Waals surface area contributed by atoms with Gasteiger partial charge < -0.3 is 5.11 Å². The lowest BCUT2D eigenvalue weighted by Crippen LogP contribution is -2.29. The van der Waals surface area contributed by atoms with Gasteiger partial charge in [0.15, 0.2) is 0 Å². The molecule has 5 nitrogen and oxygen atoms in total. The van der Waals surface area contributed by atoms with E-state index in [-0.39, 0.29) is 11.3 Å². The zero-order valence-corrected chi connectivity index (χ0v) is 16.4. The Kier molecular flexibility index (Phi) is 5.09. The molecule has 1 fully saturated rings. The summed E-state index contributed by atoms with van der Waals surface area (Å²) in [5.74, 6) is -1.79. The fourth-order valence-corrected chi connectivity index (χ4v) is 3.57. The summed E-state index contributed by atoms with van der Waals surface area (Å²) in [7, 11) is 0. The van der Waals surface area contributed by atoms with Crippen LogP contribution in [0.15, 0.2) is 78.6 Å². The number of rotatable bonds is 3. The normalized spacial score (nSPS) is 18.3. The first kappa shape index (κ1) is 19.2. The molecule has 2 heterocycles. The molecular formula is C22H14Cl2N2O3. The molecule has 3 aromatic rings. The SMILES string of the molecule is O=C1C(=O)N(c2cccnc2)C(c2ccc(Cl)cc2)/C1=C(/O)c1ccc(Cl)cc1. The number of amides is 1. The number of hydrogen-bond acceptors (Lipinski definition) is 4. The van der Waals surface area contributed by atoms with Crippen LogP contribution in [0.25, 0.3) is 5.76 Å². The minimum atomic E-state index is -0.827. The molecule has 1 unspecified atom stereocenters. The second-order valence-electron chi connectivity index (χ2n) is 6.44. The van der Waals surface area contributed by atoms with Crippen molar-refractivity contribution in [1.82, 2.24) is 4.98 Å². The Labute approximate surface area is 176 Å². The molecule has 0 aliphatic carbocycles. The number of Topliss-reactive ketones (excluding diaryl/α,β-unsaturated/α-hetero) is 1. The van der Waals surface area contributed by atoms with Crippen LogP contribution in [0.3, 0.4) is 0 Å². The molecule has 1 atom stereocenters. The highest BCUT2D eigenvalue weighted by Crippen LogP contribution is 2.42. The molecule has 0 bridgehead atoms. The third-order valence-electron chi connectivity index (χ3n) is 4.67. The Hall–Kier alpha value is -3.15. The lowest BCUT2D eigenvalue weighted by molar-refractivity contribution is -0.132. The van der Waals surface area contributed by atoms with Gasteiger partial charge in [0.1, 0.15) is 5.76 Å². The van der Waals surface area contributed by atoms with E-state index in [0.29, 0.717) is 26.9 Å². The second-order valence-corrected chi connectivity index (χ2v) is 7.31. The maximum Gasteiger partial charge on any atom is 0.300 e. The first-order valence-corrected chi connectivity index (χ1v) is 9.45. The van der Waals surface area contributed by atoms with Crippen LogP contribution in [-0.2, 0) is 9.59 Å². The molecule has 144 valence electrons. The van der Waals surface area contributed by atoms with E-state index in [1.54, 1.807) is 66.9 Å². The number of aliphatic hydroxyl groups excluding tert-OH is 1. The van der Waals surface area contributed by atoms with Crippen LogP contribution in [0, 0.1) is 0 Å². The maximum atomic E-state index is 12.9. The van der Waals surface area contributed by atoms with Crippen LogP contribution >= 0.6 is 23.2 Å². The van der Waals surface area contributed by atoms with Crippen molar-refractivity contribution in [2.24, 2.45) is 0 Å². The number of hydrogen-bond donors (Lipinski definition) is 1. The standard InChI is InChI=1S/C22H14Cl2N2O3/c23-15-7-3-13(4-8-15)19-18(20(27)14-5-9-16(24)10-6-14)21(28)22(29)26(19)17-2-1-11-25-12-17/h1-12,19,27H/b20-18-. The van der Waals surface area contributed by atoms with Crippen molar-refractivity contribution >= 4 is 46.3 Å². The van der Waals surface area contributed by atoms with Crippen molar-refractivity contribution in [2.45, 2.75) is 6.04 Å². The van der Waals surface area contributed by atoms with Gasteiger partial charge in [0.05, 0.1) is 23.5 Å². The Morgan fingerprint density at radius 3 is 2.14 bits per heavy atom. The summed E-state index contributed by atoms with van der Waals surface area (Å²) in [5, 5.41) is 12.0. The molecule has 1 amide bonds. The van der Waals surface area contributed by atoms with Crippen LogP contribution in [0.4, 0.5) is 5.69 Å². The number of halogens is 2. The fourth-order valence-electron chi connectivity index (χ4n) is 3.32. The number of benzene rings is 2. The fraction of sp³-hybridized carbons (Fsp3) is 0.0455. The lowest BCUT2D eigenvalue weighted by Gasteiger charge is -2.25. The van der Waals surface area contributed by atoms with Crippen molar-refractivity contribution < 1.29 is 14.7 Å². The zero-order chi connectivity index (χ0) is 20.5. The molecular weight excluding hydrogens is 411 g/mol. The van der Waals surface area contributed by atoms with E-state index in [0.717, 1.165) is 0 Å². The van der Waals surface area contributed by atoms with Gasteiger partial charge in [-0.1, -0.05) is 35.3 Å². The van der Waals surface area contributed by atoms with E-state index in [1.165, 1.54) is 11.1 Å². The summed E-state index contributed by atoms with van der Waals surface area (Å²) in [6.07, 6.45) is 3.07. The first-order valence-electron chi connectivity index (χ1n) is 8.70. The third kappa shape index (κ3) is 3.50. The van der Waals surface area contributed by atoms with E-state index >= 15 is 0 Å². The van der Waals surface area contributed by atoms with Gasteiger partial charge in [0.2, 0.25) is 0 Å². The monoisotopic (exact) mass is 424 g/mol. The number of carbonyl (C=O) groups is 2. The quantitative estimate of drug-likeness (QED) is 0.364. The molecule has 2 aromatic carbocycles. The van der Waals surface area contributed by atoms with E-state index in [2.05, 4.69) is 4.98 Å². The van der Waals surface area contributed by atoms with Gasteiger partial charge >= 0.3 is 0 Å². The topological polar surface area (TPSA) is 70.5 Å². The van der Waals surface area contributed by atoms with Crippen LogP contribution in [0.5, 0.6) is 0 Å². The molecule has 0 spiro atoms. The highest BCUT2D eigenvalue weighted by atomic mass is 35.5. The zero-order valence-electron chi connectivity index (χ0n) is 14.9. The van der Waals surface area contributed by atoms with E-state index in [1.807, 2.05) is 0 Å². The Bertz CT molecular complexity index is 1110. The number of pyridine rings is 1. The first-order chi connectivity index (χ1) is 14.0. The molecule has 0 saturated carbocycles. The minimum Gasteiger partial charge on any atom is -0.507 e. The number of carbonyl (C=O) groups excluding carboxylic acids is 2. The summed E-state index contributed by atoms with van der Waals surface area (Å²) in [5.41, 5.74) is 1.46. The number of ketones is 1. The van der Waals surface area contributed by atoms with E-state index < -0.39 is 17.7 Å². The van der Waals surface area contributed by atoms with Gasteiger partial charge in [-0.05, 0) is 54.1 Å². The summed E-state index contributed by atoms with van der Waals surface area (Å²) in [4.78, 5) is 31.2.